The smallest absolute Gasteiger partial charge is 0.225 e. The lowest BCUT2D eigenvalue weighted by Crippen LogP contribution is -2.39. The maximum atomic E-state index is 12.3. The summed E-state index contributed by atoms with van der Waals surface area (Å²) in [6.07, 6.45) is 7.96. The second-order valence-corrected chi connectivity index (χ2v) is 6.67. The highest BCUT2D eigenvalue weighted by Crippen LogP contribution is 2.27. The summed E-state index contributed by atoms with van der Waals surface area (Å²) >= 11 is 0. The third-order valence-corrected chi connectivity index (χ3v) is 5.14. The molecule has 1 aromatic rings. The molecule has 2 aliphatic carbocycles. The minimum atomic E-state index is 0.00470. The minimum Gasteiger partial charge on any atom is -0.349 e. The van der Waals surface area contributed by atoms with E-state index in [9.17, 15) is 4.79 Å². The zero-order valence-electron chi connectivity index (χ0n) is 12.9. The number of benzene rings is 1. The van der Waals surface area contributed by atoms with Crippen molar-refractivity contribution < 1.29 is 4.79 Å². The molecule has 1 amide bonds. The van der Waals surface area contributed by atoms with Crippen molar-refractivity contribution in [2.75, 3.05) is 0 Å². The largest absolute Gasteiger partial charge is 0.349 e. The van der Waals surface area contributed by atoms with E-state index in [1.54, 1.807) is 0 Å². The Hall–Kier alpha value is -1.35. The van der Waals surface area contributed by atoms with Crippen molar-refractivity contribution in [2.24, 2.45) is 11.7 Å². The maximum absolute atomic E-state index is 12.3. The monoisotopic (exact) mass is 286 g/mol. The number of nitrogens with one attached hydrogen (secondary N) is 1. The fourth-order valence-electron chi connectivity index (χ4n) is 3.74. The summed E-state index contributed by atoms with van der Waals surface area (Å²) in [5.41, 5.74) is 10.2. The highest BCUT2D eigenvalue weighted by Gasteiger charge is 2.30. The van der Waals surface area contributed by atoms with Gasteiger partial charge in [-0.1, -0.05) is 24.6 Å². The van der Waals surface area contributed by atoms with Crippen molar-refractivity contribution in [2.45, 2.75) is 64.0 Å². The lowest BCUT2D eigenvalue weighted by Gasteiger charge is -2.22. The van der Waals surface area contributed by atoms with Crippen molar-refractivity contribution in [3.8, 4) is 0 Å². The molecule has 3 rings (SSSR count). The van der Waals surface area contributed by atoms with Crippen LogP contribution in [0.5, 0.6) is 0 Å². The van der Waals surface area contributed by atoms with Crippen LogP contribution in [0.15, 0.2) is 18.2 Å². The Kier molecular flexibility index (Phi) is 4.29. The molecule has 21 heavy (non-hydrogen) atoms. The van der Waals surface area contributed by atoms with Crippen molar-refractivity contribution in [3.63, 3.8) is 0 Å². The summed E-state index contributed by atoms with van der Waals surface area (Å²) in [4.78, 5) is 12.3. The van der Waals surface area contributed by atoms with Gasteiger partial charge in [-0.25, -0.2) is 0 Å². The Morgan fingerprint density at radius 1 is 1.19 bits per heavy atom. The highest BCUT2D eigenvalue weighted by atomic mass is 16.2. The average molecular weight is 286 g/mol. The fraction of sp³-hybridized carbons (Fsp3) is 0.611. The molecule has 0 aliphatic heterocycles. The first-order valence-electron chi connectivity index (χ1n) is 8.33. The molecule has 2 aliphatic rings. The van der Waals surface area contributed by atoms with Crippen LogP contribution in [0.1, 0.15) is 61.8 Å². The third kappa shape index (κ3) is 3.13. The molecule has 3 N–H and O–H groups in total. The van der Waals surface area contributed by atoms with Gasteiger partial charge in [0.05, 0.1) is 12.0 Å². The summed E-state index contributed by atoms with van der Waals surface area (Å²) in [5, 5.41) is 3.16. The predicted molar refractivity (Wildman–Crippen MR) is 85.0 cm³/mol. The van der Waals surface area contributed by atoms with E-state index < -0.39 is 0 Å². The summed E-state index contributed by atoms with van der Waals surface area (Å²) < 4.78 is 0. The molecule has 0 bridgehead atoms. The van der Waals surface area contributed by atoms with Gasteiger partial charge in [-0.3, -0.25) is 4.79 Å². The minimum absolute atomic E-state index is 0.00470. The van der Waals surface area contributed by atoms with E-state index in [1.807, 2.05) is 0 Å². The maximum Gasteiger partial charge on any atom is 0.225 e. The topological polar surface area (TPSA) is 55.1 Å². The summed E-state index contributed by atoms with van der Waals surface area (Å²) in [6.45, 7) is 2.07. The first kappa shape index (κ1) is 14.6. The molecule has 3 nitrogen and oxygen atoms in total. The zero-order valence-corrected chi connectivity index (χ0v) is 12.9. The van der Waals surface area contributed by atoms with Gasteiger partial charge in [0.1, 0.15) is 0 Å². The first-order chi connectivity index (χ1) is 10.1. The number of fused-ring (bicyclic) bond motifs is 1. The van der Waals surface area contributed by atoms with Gasteiger partial charge in [-0.2, -0.15) is 0 Å². The molecule has 0 spiro atoms. The highest BCUT2D eigenvalue weighted by molar-refractivity contribution is 5.80. The standard InChI is InChI=1S/C18H26N2O/c1-12(20-18(21)16-7-4-8-17(16)19)14-10-9-13-5-2-3-6-15(13)11-14/h9-12,16-17H,2-8,19H2,1H3,(H,20,21). The molecule has 1 aromatic carbocycles. The lowest BCUT2D eigenvalue weighted by molar-refractivity contribution is -0.125. The quantitative estimate of drug-likeness (QED) is 0.897. The average Bonchev–Trinajstić information content (AvgIpc) is 2.93. The Bertz CT molecular complexity index is 526. The summed E-state index contributed by atoms with van der Waals surface area (Å²) in [7, 11) is 0. The van der Waals surface area contributed by atoms with Gasteiger partial charge in [-0.05, 0) is 62.1 Å². The number of carbonyl (C=O) groups is 1. The molecule has 3 heteroatoms. The number of hydrogen-bond donors (Lipinski definition) is 2. The molecule has 114 valence electrons. The summed E-state index contributed by atoms with van der Waals surface area (Å²) in [6, 6.07) is 6.81. The Morgan fingerprint density at radius 2 is 1.95 bits per heavy atom. The number of hydrogen-bond acceptors (Lipinski definition) is 2. The predicted octanol–water partition coefficient (Wildman–Crippen LogP) is 2.87. The van der Waals surface area contributed by atoms with Crippen LogP contribution in [0, 0.1) is 5.92 Å². The molecule has 0 aromatic heterocycles. The van der Waals surface area contributed by atoms with E-state index in [0.717, 1.165) is 19.3 Å². The van der Waals surface area contributed by atoms with Crippen LogP contribution in [0.3, 0.4) is 0 Å². The first-order valence-corrected chi connectivity index (χ1v) is 8.33. The second-order valence-electron chi connectivity index (χ2n) is 6.67. The van der Waals surface area contributed by atoms with E-state index in [-0.39, 0.29) is 23.9 Å². The molecule has 1 fully saturated rings. The van der Waals surface area contributed by atoms with E-state index >= 15 is 0 Å². The molecule has 0 saturated heterocycles. The van der Waals surface area contributed by atoms with Crippen molar-refractivity contribution in [1.29, 1.82) is 0 Å². The van der Waals surface area contributed by atoms with Gasteiger partial charge in [0.15, 0.2) is 0 Å². The molecule has 0 heterocycles. The van der Waals surface area contributed by atoms with Crippen LogP contribution in [0.2, 0.25) is 0 Å². The molecule has 3 unspecified atom stereocenters. The molecule has 0 radical (unpaired) electrons. The van der Waals surface area contributed by atoms with Gasteiger partial charge in [0, 0.05) is 6.04 Å². The van der Waals surface area contributed by atoms with Crippen LogP contribution in [-0.2, 0) is 17.6 Å². The molecular weight excluding hydrogens is 260 g/mol. The Morgan fingerprint density at radius 3 is 2.67 bits per heavy atom. The van der Waals surface area contributed by atoms with Crippen molar-refractivity contribution >= 4 is 5.91 Å². The second kappa shape index (κ2) is 6.18. The van der Waals surface area contributed by atoms with Gasteiger partial charge in [0.25, 0.3) is 0 Å². The lowest BCUT2D eigenvalue weighted by atomic mass is 9.89. The number of rotatable bonds is 3. The van der Waals surface area contributed by atoms with Crippen LogP contribution in [-0.4, -0.2) is 11.9 Å². The van der Waals surface area contributed by atoms with Gasteiger partial charge >= 0.3 is 0 Å². The van der Waals surface area contributed by atoms with Crippen LogP contribution in [0.25, 0.3) is 0 Å². The normalized spacial score (nSPS) is 26.2. The Balaban J connectivity index is 1.67. The number of aryl methyl sites for hydroxylation is 2. The van der Waals surface area contributed by atoms with Gasteiger partial charge in [0.2, 0.25) is 5.91 Å². The van der Waals surface area contributed by atoms with Gasteiger partial charge < -0.3 is 11.1 Å². The molecular formula is C18H26N2O. The van der Waals surface area contributed by atoms with Crippen molar-refractivity contribution in [3.05, 3.63) is 34.9 Å². The van der Waals surface area contributed by atoms with E-state index in [4.69, 9.17) is 5.73 Å². The van der Waals surface area contributed by atoms with E-state index in [2.05, 4.69) is 30.4 Å². The SMILES string of the molecule is CC(NC(=O)C1CCCC1N)c1ccc2c(c1)CCCC2. The zero-order chi connectivity index (χ0) is 14.8. The van der Waals surface area contributed by atoms with Crippen LogP contribution in [0.4, 0.5) is 0 Å². The Labute approximate surface area is 127 Å². The molecule has 1 saturated carbocycles. The number of amides is 1. The van der Waals surface area contributed by atoms with E-state index in [0.29, 0.717) is 0 Å². The van der Waals surface area contributed by atoms with Crippen molar-refractivity contribution in [1.82, 2.24) is 5.32 Å². The summed E-state index contributed by atoms with van der Waals surface area (Å²) in [5.74, 6) is 0.135. The van der Waals surface area contributed by atoms with E-state index in [1.165, 1.54) is 42.4 Å². The fourth-order valence-corrected chi connectivity index (χ4v) is 3.74. The number of carbonyl (C=O) groups excluding carboxylic acids is 1. The third-order valence-electron chi connectivity index (χ3n) is 5.14. The van der Waals surface area contributed by atoms with Gasteiger partial charge in [-0.15, -0.1) is 0 Å². The van der Waals surface area contributed by atoms with Crippen LogP contribution >= 0.6 is 0 Å². The number of nitrogens with two attached hydrogens (primary N) is 1. The van der Waals surface area contributed by atoms with Crippen LogP contribution < -0.4 is 11.1 Å². The molecule has 3 atom stereocenters.